The summed E-state index contributed by atoms with van der Waals surface area (Å²) < 4.78 is 0. The van der Waals surface area contributed by atoms with Crippen molar-refractivity contribution in [2.45, 2.75) is 12.5 Å². The number of carboxylic acid groups (broad SMARTS) is 1. The molecule has 0 aromatic heterocycles. The summed E-state index contributed by atoms with van der Waals surface area (Å²) in [4.78, 5) is 32.6. The van der Waals surface area contributed by atoms with Gasteiger partial charge in [-0.3, -0.25) is 9.59 Å². The van der Waals surface area contributed by atoms with Crippen LogP contribution < -0.4 is 10.7 Å². The first-order chi connectivity index (χ1) is 8.06. The van der Waals surface area contributed by atoms with Gasteiger partial charge < -0.3 is 10.8 Å². The Kier molecular flexibility index (Phi) is 4.29. The van der Waals surface area contributed by atoms with Crippen LogP contribution in [0.15, 0.2) is 35.6 Å². The number of nitrogens with zero attached hydrogens (tertiary/aromatic N) is 2. The number of rotatable bonds is 5. The van der Waals surface area contributed by atoms with Gasteiger partial charge in [0, 0.05) is 0 Å². The third kappa shape index (κ3) is 3.35. The number of carbonyl (C=O) groups excluding carboxylic acids is 1. The van der Waals surface area contributed by atoms with E-state index in [4.69, 9.17) is 10.8 Å². The fraction of sp³-hybridized carbons (Fsp3) is 0.200. The quantitative estimate of drug-likeness (QED) is 0.572. The second-order valence-corrected chi connectivity index (χ2v) is 3.27. The molecule has 0 bridgehead atoms. The molecule has 0 saturated carbocycles. The van der Waals surface area contributed by atoms with Gasteiger partial charge in [0.05, 0.1) is 23.4 Å². The normalized spacial score (nSPS) is 11.6. The Morgan fingerprint density at radius 1 is 1.35 bits per heavy atom. The number of nitrogens with two attached hydrogens (primary N) is 1. The molecule has 7 heteroatoms. The Labute approximate surface area is 96.8 Å². The molecule has 1 rings (SSSR count). The van der Waals surface area contributed by atoms with Crippen LogP contribution in [-0.4, -0.2) is 23.0 Å². The first-order valence-corrected chi connectivity index (χ1v) is 4.76. The molecule has 3 N–H and O–H groups in total. The summed E-state index contributed by atoms with van der Waals surface area (Å²) in [6.07, 6.45) is -0.558. The van der Waals surface area contributed by atoms with Gasteiger partial charge >= 0.3 is 5.97 Å². The van der Waals surface area contributed by atoms with E-state index < -0.39 is 24.3 Å². The lowest BCUT2D eigenvalue weighted by molar-refractivity contribution is -0.139. The number of benzene rings is 1. The summed E-state index contributed by atoms with van der Waals surface area (Å²) >= 11 is 0. The summed E-state index contributed by atoms with van der Waals surface area (Å²) in [5.74, 6) is -2.07. The van der Waals surface area contributed by atoms with Gasteiger partial charge in [0.15, 0.2) is 0 Å². The van der Waals surface area contributed by atoms with Crippen molar-refractivity contribution < 1.29 is 14.7 Å². The molecule has 0 aliphatic heterocycles. The zero-order valence-corrected chi connectivity index (χ0v) is 8.81. The molecule has 0 fully saturated rings. The monoisotopic (exact) mass is 237 g/mol. The van der Waals surface area contributed by atoms with Crippen molar-refractivity contribution in [3.05, 3.63) is 35.2 Å². The molecule has 90 valence electrons. The third-order valence-corrected chi connectivity index (χ3v) is 2.00. The molecule has 0 saturated heterocycles. The highest BCUT2D eigenvalue weighted by atomic mass is 16.4. The highest BCUT2D eigenvalue weighted by Gasteiger charge is 2.25. The lowest BCUT2D eigenvalue weighted by atomic mass is 10.2. The van der Waals surface area contributed by atoms with Crippen molar-refractivity contribution in [1.29, 1.82) is 0 Å². The van der Waals surface area contributed by atoms with Gasteiger partial charge in [-0.25, -0.2) is 0 Å². The summed E-state index contributed by atoms with van der Waals surface area (Å²) in [5, 5.41) is 11.6. The summed E-state index contributed by atoms with van der Waals surface area (Å²) in [6.45, 7) is 0. The lowest BCUT2D eigenvalue weighted by Crippen LogP contribution is -2.42. The van der Waals surface area contributed by atoms with E-state index in [-0.39, 0.29) is 5.69 Å². The molecule has 0 radical (unpaired) electrons. The minimum atomic E-state index is -1.30. The van der Waals surface area contributed by atoms with Gasteiger partial charge in [0.25, 0.3) is 5.91 Å². The third-order valence-electron chi connectivity index (χ3n) is 2.00. The Morgan fingerprint density at radius 2 is 1.94 bits per heavy atom. The van der Waals surface area contributed by atoms with E-state index in [0.29, 0.717) is 5.01 Å². The van der Waals surface area contributed by atoms with Gasteiger partial charge in [0.1, 0.15) is 0 Å². The number of amides is 1. The lowest BCUT2D eigenvalue weighted by Gasteiger charge is -2.16. The fourth-order valence-corrected chi connectivity index (χ4v) is 1.22. The first kappa shape index (κ1) is 12.8. The number of aliphatic carboxylic acids is 1. The fourth-order valence-electron chi connectivity index (χ4n) is 1.22. The average molecular weight is 237 g/mol. The van der Waals surface area contributed by atoms with Crippen LogP contribution in [0.1, 0.15) is 6.42 Å². The van der Waals surface area contributed by atoms with E-state index in [1.165, 1.54) is 12.1 Å². The summed E-state index contributed by atoms with van der Waals surface area (Å²) in [6, 6.07) is 6.62. The topological polar surface area (TPSA) is 113 Å². The van der Waals surface area contributed by atoms with Crippen molar-refractivity contribution in [1.82, 2.24) is 0 Å². The Hall–Kier alpha value is -2.28. The predicted molar refractivity (Wildman–Crippen MR) is 60.0 cm³/mol. The number of carbonyl (C=O) groups is 2. The van der Waals surface area contributed by atoms with Gasteiger partial charge in [-0.05, 0) is 12.1 Å². The minimum Gasteiger partial charge on any atom is -0.481 e. The maximum Gasteiger partial charge on any atom is 0.305 e. The molecule has 1 aromatic carbocycles. The zero-order chi connectivity index (χ0) is 12.8. The molecule has 0 aliphatic rings. The Balaban J connectivity index is 2.85. The van der Waals surface area contributed by atoms with Crippen LogP contribution in [0.3, 0.4) is 0 Å². The number of hydrogen-bond donors (Lipinski definition) is 2. The van der Waals surface area contributed by atoms with Crippen molar-refractivity contribution in [2.75, 3.05) is 5.01 Å². The first-order valence-electron chi connectivity index (χ1n) is 4.76. The van der Waals surface area contributed by atoms with Crippen LogP contribution in [0.5, 0.6) is 0 Å². The Bertz CT molecular complexity index is 421. The van der Waals surface area contributed by atoms with E-state index in [1.54, 1.807) is 18.2 Å². The van der Waals surface area contributed by atoms with Crippen molar-refractivity contribution >= 4 is 17.6 Å². The SMILES string of the molecule is N[C@@H](CC(=O)O)C(=O)N(N=O)c1ccccc1. The zero-order valence-electron chi connectivity index (χ0n) is 8.81. The second-order valence-electron chi connectivity index (χ2n) is 3.27. The van der Waals surface area contributed by atoms with E-state index in [2.05, 4.69) is 5.29 Å². The van der Waals surface area contributed by atoms with Gasteiger partial charge in [0.2, 0.25) is 0 Å². The van der Waals surface area contributed by atoms with E-state index in [0.717, 1.165) is 0 Å². The standard InChI is InChI=1S/C10H11N3O4/c11-8(6-9(14)15)10(16)13(12-17)7-4-2-1-3-5-7/h1-5,8H,6,11H2,(H,14,15)/t8-/m0/s1. The molecular weight excluding hydrogens is 226 g/mol. The molecular formula is C10H11N3O4. The minimum absolute atomic E-state index is 0.244. The number of anilines is 1. The predicted octanol–water partition coefficient (Wildman–Crippen LogP) is 0.503. The van der Waals surface area contributed by atoms with Gasteiger partial charge in [-0.2, -0.15) is 5.01 Å². The van der Waals surface area contributed by atoms with Gasteiger partial charge in [-0.1, -0.05) is 18.2 Å². The summed E-state index contributed by atoms with van der Waals surface area (Å²) in [7, 11) is 0. The van der Waals surface area contributed by atoms with Crippen LogP contribution in [0.4, 0.5) is 5.69 Å². The van der Waals surface area contributed by atoms with Crippen LogP contribution in [0.2, 0.25) is 0 Å². The van der Waals surface area contributed by atoms with Crippen molar-refractivity contribution in [3.63, 3.8) is 0 Å². The maximum atomic E-state index is 11.7. The Morgan fingerprint density at radius 3 is 2.41 bits per heavy atom. The number of hydrogen-bond acceptors (Lipinski definition) is 5. The number of carboxylic acids is 1. The second kappa shape index (κ2) is 5.71. The molecule has 0 unspecified atom stereocenters. The van der Waals surface area contributed by atoms with Crippen LogP contribution in [0.25, 0.3) is 0 Å². The largest absolute Gasteiger partial charge is 0.481 e. The molecule has 0 heterocycles. The highest BCUT2D eigenvalue weighted by Crippen LogP contribution is 2.14. The molecule has 7 nitrogen and oxygen atoms in total. The highest BCUT2D eigenvalue weighted by molar-refractivity contribution is 5.98. The summed E-state index contributed by atoms with van der Waals surface area (Å²) in [5.41, 5.74) is 5.60. The molecule has 0 aliphatic carbocycles. The number of para-hydroxylation sites is 1. The van der Waals surface area contributed by atoms with E-state index in [1.807, 2.05) is 0 Å². The van der Waals surface area contributed by atoms with Crippen LogP contribution >= 0.6 is 0 Å². The van der Waals surface area contributed by atoms with Gasteiger partial charge in [-0.15, -0.1) is 4.91 Å². The van der Waals surface area contributed by atoms with E-state index >= 15 is 0 Å². The molecule has 1 amide bonds. The molecule has 0 spiro atoms. The molecule has 17 heavy (non-hydrogen) atoms. The van der Waals surface area contributed by atoms with Crippen LogP contribution in [0, 0.1) is 4.91 Å². The van der Waals surface area contributed by atoms with E-state index in [9.17, 15) is 14.5 Å². The van der Waals surface area contributed by atoms with Crippen molar-refractivity contribution in [3.8, 4) is 0 Å². The number of nitroso groups, excluding NO2 is 1. The molecule has 1 aromatic rings. The average Bonchev–Trinajstić information content (AvgIpc) is 2.30. The smallest absolute Gasteiger partial charge is 0.305 e. The maximum absolute atomic E-state index is 11.7. The van der Waals surface area contributed by atoms with Crippen LogP contribution in [-0.2, 0) is 9.59 Å². The molecule has 1 atom stereocenters. The van der Waals surface area contributed by atoms with Crippen molar-refractivity contribution in [2.24, 2.45) is 11.0 Å².